The maximum absolute atomic E-state index is 13.7. The van der Waals surface area contributed by atoms with Crippen molar-refractivity contribution in [2.24, 2.45) is 0 Å². The molecule has 0 heterocycles. The monoisotopic (exact) mass is 294 g/mol. The highest BCUT2D eigenvalue weighted by Gasteiger charge is 2.10. The first-order valence-electron chi connectivity index (χ1n) is 6.95. The number of halogens is 1. The van der Waals surface area contributed by atoms with Crippen molar-refractivity contribution in [1.29, 1.82) is 0 Å². The number of nitrogens with two attached hydrogens (primary N) is 1. The van der Waals surface area contributed by atoms with Crippen LogP contribution in [0.15, 0.2) is 60.7 Å². The third-order valence-corrected chi connectivity index (χ3v) is 3.50. The molecular weight excluding hydrogens is 279 g/mol. The number of benzene rings is 3. The SMILES string of the molecule is Nc1ccc(F)c(NC(=O)Cc2cccc3ccccc23)c1. The number of hydrogen-bond acceptors (Lipinski definition) is 2. The van der Waals surface area contributed by atoms with Crippen molar-refractivity contribution in [1.82, 2.24) is 0 Å². The van der Waals surface area contributed by atoms with Crippen LogP contribution >= 0.6 is 0 Å². The summed E-state index contributed by atoms with van der Waals surface area (Å²) in [5, 5.41) is 4.66. The van der Waals surface area contributed by atoms with Crippen molar-refractivity contribution in [3.05, 3.63) is 72.0 Å². The Morgan fingerprint density at radius 1 is 1.05 bits per heavy atom. The zero-order valence-electron chi connectivity index (χ0n) is 11.8. The highest BCUT2D eigenvalue weighted by atomic mass is 19.1. The van der Waals surface area contributed by atoms with E-state index in [0.717, 1.165) is 16.3 Å². The zero-order valence-corrected chi connectivity index (χ0v) is 11.8. The maximum atomic E-state index is 13.7. The fourth-order valence-corrected chi connectivity index (χ4v) is 2.45. The van der Waals surface area contributed by atoms with E-state index in [1.165, 1.54) is 18.2 Å². The van der Waals surface area contributed by atoms with Gasteiger partial charge in [0.1, 0.15) is 5.82 Å². The first-order chi connectivity index (χ1) is 10.6. The molecule has 0 saturated carbocycles. The van der Waals surface area contributed by atoms with Crippen molar-refractivity contribution in [3.63, 3.8) is 0 Å². The fourth-order valence-electron chi connectivity index (χ4n) is 2.45. The molecule has 0 fully saturated rings. The molecule has 3 rings (SSSR count). The molecule has 0 atom stereocenters. The molecule has 0 bridgehead atoms. The predicted molar refractivity (Wildman–Crippen MR) is 87.1 cm³/mol. The molecule has 4 heteroatoms. The van der Waals surface area contributed by atoms with Gasteiger partial charge in [0.15, 0.2) is 0 Å². The lowest BCUT2D eigenvalue weighted by atomic mass is 10.0. The Hall–Kier alpha value is -2.88. The third kappa shape index (κ3) is 2.91. The number of carbonyl (C=O) groups is 1. The first-order valence-corrected chi connectivity index (χ1v) is 6.95. The van der Waals surface area contributed by atoms with Gasteiger partial charge in [0.2, 0.25) is 5.91 Å². The van der Waals surface area contributed by atoms with Crippen LogP contribution in [0.4, 0.5) is 15.8 Å². The highest BCUT2D eigenvalue weighted by Crippen LogP contribution is 2.21. The molecule has 3 aromatic carbocycles. The molecule has 0 spiro atoms. The Morgan fingerprint density at radius 2 is 1.82 bits per heavy atom. The molecule has 3 nitrogen and oxygen atoms in total. The summed E-state index contributed by atoms with van der Waals surface area (Å²) in [6, 6.07) is 17.8. The van der Waals surface area contributed by atoms with Gasteiger partial charge in [-0.1, -0.05) is 42.5 Å². The van der Waals surface area contributed by atoms with E-state index in [1.807, 2.05) is 42.5 Å². The van der Waals surface area contributed by atoms with E-state index in [1.54, 1.807) is 0 Å². The topological polar surface area (TPSA) is 55.1 Å². The van der Waals surface area contributed by atoms with Gasteiger partial charge in [0, 0.05) is 5.69 Å². The number of hydrogen-bond donors (Lipinski definition) is 2. The molecule has 110 valence electrons. The number of amides is 1. The summed E-state index contributed by atoms with van der Waals surface area (Å²) in [4.78, 5) is 12.2. The predicted octanol–water partition coefficient (Wildman–Crippen LogP) is 3.74. The number of nitrogens with one attached hydrogen (secondary N) is 1. The van der Waals surface area contributed by atoms with Gasteiger partial charge in [-0.2, -0.15) is 0 Å². The molecule has 0 aliphatic rings. The molecular formula is C18H15FN2O. The fraction of sp³-hybridized carbons (Fsp3) is 0.0556. The van der Waals surface area contributed by atoms with E-state index in [4.69, 9.17) is 5.73 Å². The Morgan fingerprint density at radius 3 is 2.68 bits per heavy atom. The summed E-state index contributed by atoms with van der Waals surface area (Å²) in [6.45, 7) is 0. The second-order valence-electron chi connectivity index (χ2n) is 5.10. The van der Waals surface area contributed by atoms with Crippen LogP contribution < -0.4 is 11.1 Å². The largest absolute Gasteiger partial charge is 0.399 e. The van der Waals surface area contributed by atoms with Crippen LogP contribution in [0.5, 0.6) is 0 Å². The van der Waals surface area contributed by atoms with E-state index >= 15 is 0 Å². The van der Waals surface area contributed by atoms with Gasteiger partial charge >= 0.3 is 0 Å². The Bertz CT molecular complexity index is 840. The molecule has 0 saturated heterocycles. The van der Waals surface area contributed by atoms with E-state index < -0.39 is 5.82 Å². The van der Waals surface area contributed by atoms with Crippen molar-refractivity contribution in [3.8, 4) is 0 Å². The van der Waals surface area contributed by atoms with Crippen molar-refractivity contribution < 1.29 is 9.18 Å². The number of carbonyl (C=O) groups excluding carboxylic acids is 1. The number of nitrogen functional groups attached to an aromatic ring is 1. The quantitative estimate of drug-likeness (QED) is 0.723. The van der Waals surface area contributed by atoms with Gasteiger partial charge in [-0.05, 0) is 34.5 Å². The number of fused-ring (bicyclic) bond motifs is 1. The molecule has 1 amide bonds. The van der Waals surface area contributed by atoms with Crippen LogP contribution in [0.2, 0.25) is 0 Å². The molecule has 0 unspecified atom stereocenters. The zero-order chi connectivity index (χ0) is 15.5. The normalized spacial score (nSPS) is 10.6. The molecule has 3 N–H and O–H groups in total. The Balaban J connectivity index is 1.83. The summed E-state index contributed by atoms with van der Waals surface area (Å²) in [5.74, 6) is -0.777. The third-order valence-electron chi connectivity index (χ3n) is 3.50. The summed E-state index contributed by atoms with van der Waals surface area (Å²) in [6.07, 6.45) is 0.176. The highest BCUT2D eigenvalue weighted by molar-refractivity contribution is 5.96. The first kappa shape index (κ1) is 14.1. The maximum Gasteiger partial charge on any atom is 0.228 e. The lowest BCUT2D eigenvalue weighted by Crippen LogP contribution is -2.15. The number of rotatable bonds is 3. The van der Waals surface area contributed by atoms with E-state index in [-0.39, 0.29) is 18.0 Å². The average molecular weight is 294 g/mol. The second kappa shape index (κ2) is 5.85. The van der Waals surface area contributed by atoms with E-state index in [0.29, 0.717) is 5.69 Å². The molecule has 22 heavy (non-hydrogen) atoms. The van der Waals surface area contributed by atoms with Crippen LogP contribution in [0, 0.1) is 5.82 Å². The van der Waals surface area contributed by atoms with Gasteiger partial charge in [0.25, 0.3) is 0 Å². The lowest BCUT2D eigenvalue weighted by Gasteiger charge is -2.09. The van der Waals surface area contributed by atoms with Gasteiger partial charge in [-0.15, -0.1) is 0 Å². The minimum Gasteiger partial charge on any atom is -0.399 e. The Kier molecular flexibility index (Phi) is 3.74. The van der Waals surface area contributed by atoms with Gasteiger partial charge in [-0.25, -0.2) is 4.39 Å². The van der Waals surface area contributed by atoms with Gasteiger partial charge < -0.3 is 11.1 Å². The number of anilines is 2. The van der Waals surface area contributed by atoms with E-state index in [2.05, 4.69) is 5.32 Å². The molecule has 0 aliphatic carbocycles. The smallest absolute Gasteiger partial charge is 0.228 e. The van der Waals surface area contributed by atoms with Crippen LogP contribution in [0.3, 0.4) is 0 Å². The summed E-state index contributed by atoms with van der Waals surface area (Å²) < 4.78 is 13.7. The van der Waals surface area contributed by atoms with Gasteiger partial charge in [0.05, 0.1) is 12.1 Å². The van der Waals surface area contributed by atoms with Crippen LogP contribution in [0.1, 0.15) is 5.56 Å². The van der Waals surface area contributed by atoms with Gasteiger partial charge in [-0.3, -0.25) is 4.79 Å². The standard InChI is InChI=1S/C18H15FN2O/c19-16-9-8-14(20)11-17(16)21-18(22)10-13-6-3-5-12-4-1-2-7-15(12)13/h1-9,11H,10,20H2,(H,21,22). The average Bonchev–Trinajstić information content (AvgIpc) is 2.51. The van der Waals surface area contributed by atoms with Crippen molar-refractivity contribution >= 4 is 28.1 Å². The molecule has 3 aromatic rings. The van der Waals surface area contributed by atoms with Crippen LogP contribution in [-0.2, 0) is 11.2 Å². The molecule has 0 aromatic heterocycles. The molecule has 0 radical (unpaired) electrons. The van der Waals surface area contributed by atoms with Crippen LogP contribution in [0.25, 0.3) is 10.8 Å². The van der Waals surface area contributed by atoms with Crippen molar-refractivity contribution in [2.45, 2.75) is 6.42 Å². The van der Waals surface area contributed by atoms with Crippen molar-refractivity contribution in [2.75, 3.05) is 11.1 Å². The van der Waals surface area contributed by atoms with Crippen LogP contribution in [-0.4, -0.2) is 5.91 Å². The lowest BCUT2D eigenvalue weighted by molar-refractivity contribution is -0.115. The molecule has 0 aliphatic heterocycles. The Labute approximate surface area is 127 Å². The minimum atomic E-state index is -0.500. The summed E-state index contributed by atoms with van der Waals surface area (Å²) in [7, 11) is 0. The summed E-state index contributed by atoms with van der Waals surface area (Å²) in [5.41, 5.74) is 7.02. The minimum absolute atomic E-state index is 0.102. The second-order valence-corrected chi connectivity index (χ2v) is 5.10. The van der Waals surface area contributed by atoms with E-state index in [9.17, 15) is 9.18 Å². The summed E-state index contributed by atoms with van der Waals surface area (Å²) >= 11 is 0.